The number of hydrogen-bond acceptors (Lipinski definition) is 5. The van der Waals surface area contributed by atoms with Crippen molar-refractivity contribution in [3.63, 3.8) is 0 Å². The van der Waals surface area contributed by atoms with Crippen LogP contribution < -0.4 is 4.74 Å². The molecule has 0 saturated carbocycles. The van der Waals surface area contributed by atoms with Crippen molar-refractivity contribution in [3.05, 3.63) is 35.7 Å². The molecule has 0 radical (unpaired) electrons. The van der Waals surface area contributed by atoms with Crippen LogP contribution in [0.3, 0.4) is 0 Å². The van der Waals surface area contributed by atoms with Crippen LogP contribution in [0, 0.1) is 5.82 Å². The zero-order valence-electron chi connectivity index (χ0n) is 14.8. The van der Waals surface area contributed by atoms with E-state index in [2.05, 4.69) is 0 Å². The SMILES string of the molecule is CCCCOC(=O)/C=C/c1ccc(OCCCC(=O)OCC)c(F)c1. The van der Waals surface area contributed by atoms with Crippen molar-refractivity contribution >= 4 is 18.0 Å². The Morgan fingerprint density at radius 2 is 1.92 bits per heavy atom. The molecule has 0 N–H and O–H groups in total. The lowest BCUT2D eigenvalue weighted by Crippen LogP contribution is -2.07. The minimum Gasteiger partial charge on any atom is -0.491 e. The molecule has 0 unspecified atom stereocenters. The van der Waals surface area contributed by atoms with Crippen LogP contribution in [0.2, 0.25) is 0 Å². The molecular formula is C19H25FO5. The lowest BCUT2D eigenvalue weighted by molar-refractivity contribution is -0.143. The van der Waals surface area contributed by atoms with Crippen molar-refractivity contribution in [2.45, 2.75) is 39.5 Å². The summed E-state index contributed by atoms with van der Waals surface area (Å²) in [5.74, 6) is -1.17. The first-order chi connectivity index (χ1) is 12.1. The van der Waals surface area contributed by atoms with E-state index in [-0.39, 0.29) is 24.7 Å². The summed E-state index contributed by atoms with van der Waals surface area (Å²) < 4.78 is 29.1. The van der Waals surface area contributed by atoms with Crippen LogP contribution in [0.25, 0.3) is 6.08 Å². The molecule has 0 aliphatic rings. The van der Waals surface area contributed by atoms with Crippen molar-refractivity contribution in [2.75, 3.05) is 19.8 Å². The molecule has 25 heavy (non-hydrogen) atoms. The Hall–Kier alpha value is -2.37. The number of carbonyl (C=O) groups excluding carboxylic acids is 2. The Labute approximate surface area is 147 Å². The minimum absolute atomic E-state index is 0.103. The third-order valence-corrected chi connectivity index (χ3v) is 3.20. The van der Waals surface area contributed by atoms with Gasteiger partial charge in [-0.15, -0.1) is 0 Å². The van der Waals surface area contributed by atoms with Crippen LogP contribution in [-0.2, 0) is 19.1 Å². The highest BCUT2D eigenvalue weighted by Gasteiger charge is 2.06. The van der Waals surface area contributed by atoms with E-state index >= 15 is 0 Å². The molecule has 1 rings (SSSR count). The number of unbranched alkanes of at least 4 members (excludes halogenated alkanes) is 1. The second-order valence-electron chi connectivity index (χ2n) is 5.30. The smallest absolute Gasteiger partial charge is 0.330 e. The molecule has 1 aromatic carbocycles. The maximum atomic E-state index is 14.0. The zero-order valence-corrected chi connectivity index (χ0v) is 14.8. The van der Waals surface area contributed by atoms with Crippen molar-refractivity contribution in [1.29, 1.82) is 0 Å². The predicted octanol–water partition coefficient (Wildman–Crippen LogP) is 3.90. The zero-order chi connectivity index (χ0) is 18.5. The molecule has 138 valence electrons. The first-order valence-corrected chi connectivity index (χ1v) is 8.49. The van der Waals surface area contributed by atoms with Crippen LogP contribution in [0.15, 0.2) is 24.3 Å². The number of ether oxygens (including phenoxy) is 3. The monoisotopic (exact) mass is 352 g/mol. The van der Waals surface area contributed by atoms with E-state index in [1.165, 1.54) is 24.3 Å². The van der Waals surface area contributed by atoms with Gasteiger partial charge in [0.25, 0.3) is 0 Å². The Balaban J connectivity index is 2.43. The minimum atomic E-state index is -0.530. The maximum absolute atomic E-state index is 14.0. The van der Waals surface area contributed by atoms with E-state index in [0.717, 1.165) is 12.8 Å². The number of rotatable bonds is 11. The number of benzene rings is 1. The van der Waals surface area contributed by atoms with E-state index in [1.54, 1.807) is 13.0 Å². The van der Waals surface area contributed by atoms with Crippen LogP contribution in [0.4, 0.5) is 4.39 Å². The summed E-state index contributed by atoms with van der Waals surface area (Å²) in [5, 5.41) is 0. The Bertz CT molecular complexity index is 583. The molecule has 5 nitrogen and oxygen atoms in total. The Morgan fingerprint density at radius 1 is 1.12 bits per heavy atom. The van der Waals surface area contributed by atoms with Gasteiger partial charge in [0.15, 0.2) is 11.6 Å². The summed E-state index contributed by atoms with van der Waals surface area (Å²) in [4.78, 5) is 22.6. The van der Waals surface area contributed by atoms with Gasteiger partial charge in [0.1, 0.15) is 0 Å². The van der Waals surface area contributed by atoms with Crippen LogP contribution in [0.1, 0.15) is 45.1 Å². The van der Waals surface area contributed by atoms with Crippen LogP contribution in [-0.4, -0.2) is 31.8 Å². The summed E-state index contributed by atoms with van der Waals surface area (Å²) in [7, 11) is 0. The van der Waals surface area contributed by atoms with Crippen molar-refractivity contribution < 1.29 is 28.2 Å². The summed E-state index contributed by atoms with van der Waals surface area (Å²) in [6.45, 7) is 4.69. The van der Waals surface area contributed by atoms with E-state index in [0.29, 0.717) is 25.2 Å². The van der Waals surface area contributed by atoms with Crippen LogP contribution >= 0.6 is 0 Å². The van der Waals surface area contributed by atoms with E-state index in [9.17, 15) is 14.0 Å². The normalized spacial score (nSPS) is 10.7. The Kier molecular flexibility index (Phi) is 9.97. The highest BCUT2D eigenvalue weighted by molar-refractivity contribution is 5.87. The van der Waals surface area contributed by atoms with E-state index < -0.39 is 11.8 Å². The van der Waals surface area contributed by atoms with Gasteiger partial charge in [-0.25, -0.2) is 9.18 Å². The maximum Gasteiger partial charge on any atom is 0.330 e. The fourth-order valence-electron chi connectivity index (χ4n) is 1.90. The molecular weight excluding hydrogens is 327 g/mol. The van der Waals surface area contributed by atoms with Gasteiger partial charge in [0.2, 0.25) is 0 Å². The van der Waals surface area contributed by atoms with Crippen LogP contribution in [0.5, 0.6) is 5.75 Å². The molecule has 0 aliphatic heterocycles. The highest BCUT2D eigenvalue weighted by atomic mass is 19.1. The van der Waals surface area contributed by atoms with Gasteiger partial charge in [-0.05, 0) is 43.5 Å². The molecule has 6 heteroatoms. The van der Waals surface area contributed by atoms with Gasteiger partial charge >= 0.3 is 11.9 Å². The van der Waals surface area contributed by atoms with Gasteiger partial charge < -0.3 is 14.2 Å². The molecule has 0 spiro atoms. The topological polar surface area (TPSA) is 61.8 Å². The van der Waals surface area contributed by atoms with Gasteiger partial charge in [-0.2, -0.15) is 0 Å². The summed E-state index contributed by atoms with van der Waals surface area (Å²) in [6.07, 6.45) is 5.20. The fraction of sp³-hybridized carbons (Fsp3) is 0.474. The largest absolute Gasteiger partial charge is 0.491 e. The number of halogens is 1. The van der Waals surface area contributed by atoms with Gasteiger partial charge in [0.05, 0.1) is 19.8 Å². The first kappa shape index (κ1) is 20.7. The third kappa shape index (κ3) is 8.88. The fourth-order valence-corrected chi connectivity index (χ4v) is 1.90. The average Bonchev–Trinajstić information content (AvgIpc) is 2.59. The standard InChI is InChI=1S/C19H25FO5/c1-3-5-12-25-19(22)11-9-15-8-10-17(16(20)14-15)24-13-6-7-18(21)23-4-2/h8-11,14H,3-7,12-13H2,1-2H3/b11-9+. The van der Waals surface area contributed by atoms with Gasteiger partial charge in [0, 0.05) is 12.5 Å². The lowest BCUT2D eigenvalue weighted by atomic mass is 10.2. The molecule has 0 heterocycles. The summed E-state index contributed by atoms with van der Waals surface area (Å²) >= 11 is 0. The van der Waals surface area contributed by atoms with Crippen molar-refractivity contribution in [3.8, 4) is 5.75 Å². The Morgan fingerprint density at radius 3 is 2.60 bits per heavy atom. The predicted molar refractivity (Wildman–Crippen MR) is 92.7 cm³/mol. The molecule has 0 fully saturated rings. The molecule has 0 amide bonds. The average molecular weight is 352 g/mol. The molecule has 0 aromatic heterocycles. The van der Waals surface area contributed by atoms with Crippen molar-refractivity contribution in [2.24, 2.45) is 0 Å². The third-order valence-electron chi connectivity index (χ3n) is 3.20. The molecule has 1 aromatic rings. The molecule has 0 bridgehead atoms. The first-order valence-electron chi connectivity index (χ1n) is 8.49. The second kappa shape index (κ2) is 12.1. The second-order valence-corrected chi connectivity index (χ2v) is 5.30. The number of hydrogen-bond donors (Lipinski definition) is 0. The molecule has 0 aliphatic carbocycles. The molecule has 0 saturated heterocycles. The summed E-state index contributed by atoms with van der Waals surface area (Å²) in [6, 6.07) is 4.40. The van der Waals surface area contributed by atoms with Gasteiger partial charge in [-0.1, -0.05) is 19.4 Å². The van der Waals surface area contributed by atoms with E-state index in [1.807, 2.05) is 6.92 Å². The molecule has 0 atom stereocenters. The number of esters is 2. The highest BCUT2D eigenvalue weighted by Crippen LogP contribution is 2.19. The van der Waals surface area contributed by atoms with E-state index in [4.69, 9.17) is 14.2 Å². The quantitative estimate of drug-likeness (QED) is 0.343. The van der Waals surface area contributed by atoms with Gasteiger partial charge in [-0.3, -0.25) is 4.79 Å². The number of carbonyl (C=O) groups is 2. The summed E-state index contributed by atoms with van der Waals surface area (Å²) in [5.41, 5.74) is 0.531. The van der Waals surface area contributed by atoms with Crippen molar-refractivity contribution in [1.82, 2.24) is 0 Å². The lowest BCUT2D eigenvalue weighted by Gasteiger charge is -2.07.